The molecule has 0 saturated carbocycles. The lowest BCUT2D eigenvalue weighted by Crippen LogP contribution is -2.27. The fourth-order valence-corrected chi connectivity index (χ4v) is 1.65. The lowest BCUT2D eigenvalue weighted by molar-refractivity contribution is -0.126. The average Bonchev–Trinajstić information content (AvgIpc) is 2.28. The number of nitrogens with zero attached hydrogens (tertiary/aromatic N) is 1. The standard InChI is InChI=1S/C15H22FNO/c1-15(2,3)14(18)9-10-17(4)11-12-5-7-13(16)8-6-12/h5-8H,9-11H2,1-4H3. The van der Waals surface area contributed by atoms with Gasteiger partial charge in [-0.2, -0.15) is 0 Å². The number of Topliss-reactive ketones (excluding diaryl/α,β-unsaturated/α-hetero) is 1. The first-order chi connectivity index (χ1) is 8.29. The van der Waals surface area contributed by atoms with Crippen LogP contribution >= 0.6 is 0 Å². The predicted octanol–water partition coefficient (Wildman–Crippen LogP) is 3.26. The van der Waals surface area contributed by atoms with E-state index in [1.54, 1.807) is 12.1 Å². The number of carbonyl (C=O) groups is 1. The second-order valence-corrected chi connectivity index (χ2v) is 5.79. The van der Waals surface area contributed by atoms with Gasteiger partial charge in [-0.15, -0.1) is 0 Å². The van der Waals surface area contributed by atoms with Gasteiger partial charge < -0.3 is 4.90 Å². The smallest absolute Gasteiger partial charge is 0.139 e. The molecule has 0 bridgehead atoms. The molecule has 3 heteroatoms. The second-order valence-electron chi connectivity index (χ2n) is 5.79. The monoisotopic (exact) mass is 251 g/mol. The van der Waals surface area contributed by atoms with Crippen molar-refractivity contribution in [3.8, 4) is 0 Å². The van der Waals surface area contributed by atoms with E-state index < -0.39 is 0 Å². The van der Waals surface area contributed by atoms with Crippen LogP contribution in [-0.2, 0) is 11.3 Å². The molecule has 0 aromatic heterocycles. The van der Waals surface area contributed by atoms with E-state index in [-0.39, 0.29) is 17.0 Å². The van der Waals surface area contributed by atoms with E-state index in [0.717, 1.165) is 18.7 Å². The Morgan fingerprint density at radius 1 is 1.22 bits per heavy atom. The summed E-state index contributed by atoms with van der Waals surface area (Å²) in [5.74, 6) is 0.0535. The Bertz CT molecular complexity index is 392. The molecule has 0 atom stereocenters. The fourth-order valence-electron chi connectivity index (χ4n) is 1.65. The topological polar surface area (TPSA) is 20.3 Å². The molecule has 0 radical (unpaired) electrons. The third-order valence-electron chi connectivity index (χ3n) is 2.92. The van der Waals surface area contributed by atoms with Crippen molar-refractivity contribution in [2.24, 2.45) is 5.41 Å². The van der Waals surface area contributed by atoms with Gasteiger partial charge in [0.25, 0.3) is 0 Å². The minimum absolute atomic E-state index is 0.218. The summed E-state index contributed by atoms with van der Waals surface area (Å²) in [5.41, 5.74) is 0.790. The summed E-state index contributed by atoms with van der Waals surface area (Å²) >= 11 is 0. The van der Waals surface area contributed by atoms with Crippen LogP contribution in [0.25, 0.3) is 0 Å². The first-order valence-corrected chi connectivity index (χ1v) is 6.25. The van der Waals surface area contributed by atoms with E-state index >= 15 is 0 Å². The van der Waals surface area contributed by atoms with Crippen LogP contribution in [0.15, 0.2) is 24.3 Å². The van der Waals surface area contributed by atoms with Gasteiger partial charge in [0.05, 0.1) is 0 Å². The largest absolute Gasteiger partial charge is 0.302 e. The van der Waals surface area contributed by atoms with Crippen molar-refractivity contribution in [3.63, 3.8) is 0 Å². The molecule has 0 spiro atoms. The molecule has 1 aromatic carbocycles. The fraction of sp³-hybridized carbons (Fsp3) is 0.533. The molecule has 0 aliphatic rings. The molecule has 0 aliphatic heterocycles. The number of hydrogen-bond donors (Lipinski definition) is 0. The SMILES string of the molecule is CN(CCC(=O)C(C)(C)C)Cc1ccc(F)cc1. The van der Waals surface area contributed by atoms with E-state index in [9.17, 15) is 9.18 Å². The quantitative estimate of drug-likeness (QED) is 0.800. The van der Waals surface area contributed by atoms with Crippen molar-refractivity contribution in [3.05, 3.63) is 35.6 Å². The molecule has 100 valence electrons. The maximum atomic E-state index is 12.8. The van der Waals surface area contributed by atoms with Crippen molar-refractivity contribution in [1.82, 2.24) is 4.90 Å². The molecule has 0 N–H and O–H groups in total. The molecule has 0 unspecified atom stereocenters. The van der Waals surface area contributed by atoms with Crippen LogP contribution in [0, 0.1) is 11.2 Å². The van der Waals surface area contributed by atoms with E-state index in [1.807, 2.05) is 27.8 Å². The zero-order valence-electron chi connectivity index (χ0n) is 11.7. The Balaban J connectivity index is 2.40. The van der Waals surface area contributed by atoms with Crippen LogP contribution < -0.4 is 0 Å². The first kappa shape index (κ1) is 14.8. The van der Waals surface area contributed by atoms with Crippen molar-refractivity contribution >= 4 is 5.78 Å². The van der Waals surface area contributed by atoms with Crippen LogP contribution in [-0.4, -0.2) is 24.3 Å². The minimum atomic E-state index is -0.267. The van der Waals surface area contributed by atoms with Gasteiger partial charge in [-0.3, -0.25) is 4.79 Å². The molecule has 18 heavy (non-hydrogen) atoms. The summed E-state index contributed by atoms with van der Waals surface area (Å²) in [5, 5.41) is 0. The first-order valence-electron chi connectivity index (χ1n) is 6.25. The van der Waals surface area contributed by atoms with Crippen molar-refractivity contribution < 1.29 is 9.18 Å². The number of carbonyl (C=O) groups excluding carboxylic acids is 1. The van der Waals surface area contributed by atoms with Crippen LogP contribution in [0.1, 0.15) is 32.8 Å². The van der Waals surface area contributed by atoms with Gasteiger partial charge >= 0.3 is 0 Å². The highest BCUT2D eigenvalue weighted by molar-refractivity contribution is 5.83. The zero-order valence-corrected chi connectivity index (χ0v) is 11.7. The van der Waals surface area contributed by atoms with Crippen LogP contribution in [0.5, 0.6) is 0 Å². The second kappa shape index (κ2) is 6.10. The molecule has 0 fully saturated rings. The predicted molar refractivity (Wildman–Crippen MR) is 71.8 cm³/mol. The van der Waals surface area contributed by atoms with Crippen LogP contribution in [0.2, 0.25) is 0 Å². The number of hydrogen-bond acceptors (Lipinski definition) is 2. The molecule has 1 aromatic rings. The highest BCUT2D eigenvalue weighted by atomic mass is 19.1. The van der Waals surface area contributed by atoms with Gasteiger partial charge in [-0.25, -0.2) is 4.39 Å². The molecule has 2 nitrogen and oxygen atoms in total. The molecule has 0 amide bonds. The Morgan fingerprint density at radius 2 is 1.78 bits per heavy atom. The van der Waals surface area contributed by atoms with Gasteiger partial charge in [0.1, 0.15) is 11.6 Å². The summed E-state index contributed by atoms with van der Waals surface area (Å²) in [6.07, 6.45) is 0.557. The zero-order chi connectivity index (χ0) is 13.8. The number of ketones is 1. The molecule has 0 aliphatic carbocycles. The van der Waals surface area contributed by atoms with Gasteiger partial charge in [-0.1, -0.05) is 32.9 Å². The van der Waals surface area contributed by atoms with Crippen LogP contribution in [0.4, 0.5) is 4.39 Å². The van der Waals surface area contributed by atoms with Gasteiger partial charge in [-0.05, 0) is 24.7 Å². The molecule has 1 rings (SSSR count). The minimum Gasteiger partial charge on any atom is -0.302 e. The highest BCUT2D eigenvalue weighted by Crippen LogP contribution is 2.17. The number of benzene rings is 1. The summed E-state index contributed by atoms with van der Waals surface area (Å²) in [6, 6.07) is 6.47. The summed E-state index contributed by atoms with van der Waals surface area (Å²) < 4.78 is 12.8. The third kappa shape index (κ3) is 4.96. The molecular formula is C15H22FNO. The third-order valence-corrected chi connectivity index (χ3v) is 2.92. The van der Waals surface area contributed by atoms with E-state index in [0.29, 0.717) is 6.42 Å². The summed E-state index contributed by atoms with van der Waals surface area (Å²) in [6.45, 7) is 7.28. The van der Waals surface area contributed by atoms with E-state index in [1.165, 1.54) is 12.1 Å². The van der Waals surface area contributed by atoms with Crippen LogP contribution in [0.3, 0.4) is 0 Å². The lowest BCUT2D eigenvalue weighted by Gasteiger charge is -2.20. The van der Waals surface area contributed by atoms with Crippen molar-refractivity contribution in [2.45, 2.75) is 33.7 Å². The van der Waals surface area contributed by atoms with Crippen molar-refractivity contribution in [1.29, 1.82) is 0 Å². The van der Waals surface area contributed by atoms with Crippen molar-refractivity contribution in [2.75, 3.05) is 13.6 Å². The molecule has 0 heterocycles. The Labute approximate surface area is 109 Å². The average molecular weight is 251 g/mol. The normalized spacial score (nSPS) is 11.9. The van der Waals surface area contributed by atoms with Gasteiger partial charge in [0, 0.05) is 24.9 Å². The highest BCUT2D eigenvalue weighted by Gasteiger charge is 2.20. The summed E-state index contributed by atoms with van der Waals surface area (Å²) in [7, 11) is 1.97. The Hall–Kier alpha value is -1.22. The van der Waals surface area contributed by atoms with E-state index in [4.69, 9.17) is 0 Å². The van der Waals surface area contributed by atoms with Gasteiger partial charge in [0.2, 0.25) is 0 Å². The Morgan fingerprint density at radius 3 is 2.28 bits per heavy atom. The number of rotatable bonds is 5. The Kier molecular flexibility index (Phi) is 5.03. The molecular weight excluding hydrogens is 229 g/mol. The maximum Gasteiger partial charge on any atom is 0.139 e. The molecule has 0 saturated heterocycles. The lowest BCUT2D eigenvalue weighted by atomic mass is 9.89. The number of halogens is 1. The summed E-state index contributed by atoms with van der Waals surface area (Å²) in [4.78, 5) is 13.9. The van der Waals surface area contributed by atoms with E-state index in [2.05, 4.69) is 4.90 Å². The van der Waals surface area contributed by atoms with Gasteiger partial charge in [0.15, 0.2) is 0 Å². The maximum absolute atomic E-state index is 12.8.